The van der Waals surface area contributed by atoms with Crippen molar-refractivity contribution in [3.8, 4) is 0 Å². The molecule has 0 radical (unpaired) electrons. The number of aliphatic carboxylic acids is 1. The van der Waals surface area contributed by atoms with Crippen molar-refractivity contribution in [2.45, 2.75) is 25.6 Å². The van der Waals surface area contributed by atoms with E-state index in [1.165, 1.54) is 6.92 Å². The van der Waals surface area contributed by atoms with Crippen molar-refractivity contribution in [3.63, 3.8) is 0 Å². The zero-order chi connectivity index (χ0) is 14.2. The first-order chi connectivity index (χ1) is 8.20. The molecule has 0 fully saturated rings. The number of hydrogen-bond donors (Lipinski definition) is 3. The maximum absolute atomic E-state index is 11.9. The maximum Gasteiger partial charge on any atom is 0.391 e. The van der Waals surface area contributed by atoms with Crippen molar-refractivity contribution in [2.24, 2.45) is 0 Å². The second kappa shape index (κ2) is 7.75. The van der Waals surface area contributed by atoms with Crippen LogP contribution in [-0.4, -0.2) is 49.1 Å². The Balaban J connectivity index is 3.62. The standard InChI is InChI=1S/C9H15F3N2O4/c1-6(4-9(10,11)12)14-8(17)13-2-3-18-5-7(15)16/h6H,2-5H2,1H3,(H,15,16)(H2,13,14,17). The van der Waals surface area contributed by atoms with Crippen LogP contribution in [0.4, 0.5) is 18.0 Å². The number of hydrogen-bond acceptors (Lipinski definition) is 3. The minimum atomic E-state index is -4.34. The first-order valence-corrected chi connectivity index (χ1v) is 5.11. The first-order valence-electron chi connectivity index (χ1n) is 5.11. The number of carboxylic acid groups (broad SMARTS) is 1. The largest absolute Gasteiger partial charge is 0.480 e. The highest BCUT2D eigenvalue weighted by Crippen LogP contribution is 2.21. The van der Waals surface area contributed by atoms with Crippen LogP contribution in [0.25, 0.3) is 0 Å². The molecule has 6 nitrogen and oxygen atoms in total. The fourth-order valence-electron chi connectivity index (χ4n) is 1.07. The fourth-order valence-corrected chi connectivity index (χ4v) is 1.07. The molecule has 2 amide bonds. The van der Waals surface area contributed by atoms with Crippen molar-refractivity contribution in [1.82, 2.24) is 10.6 Å². The van der Waals surface area contributed by atoms with Gasteiger partial charge in [-0.25, -0.2) is 9.59 Å². The van der Waals surface area contributed by atoms with Crippen LogP contribution < -0.4 is 10.6 Å². The van der Waals surface area contributed by atoms with E-state index in [9.17, 15) is 22.8 Å². The zero-order valence-electron chi connectivity index (χ0n) is 9.71. The molecule has 0 aliphatic carbocycles. The maximum atomic E-state index is 11.9. The number of alkyl halides is 3. The smallest absolute Gasteiger partial charge is 0.391 e. The molecule has 0 bridgehead atoms. The number of carbonyl (C=O) groups is 2. The molecule has 18 heavy (non-hydrogen) atoms. The molecular weight excluding hydrogens is 257 g/mol. The lowest BCUT2D eigenvalue weighted by molar-refractivity contribution is -0.142. The second-order valence-corrected chi connectivity index (χ2v) is 3.57. The van der Waals surface area contributed by atoms with Gasteiger partial charge in [0.25, 0.3) is 0 Å². The molecule has 0 aliphatic rings. The third-order valence-corrected chi connectivity index (χ3v) is 1.67. The molecule has 0 spiro atoms. The van der Waals surface area contributed by atoms with E-state index in [-0.39, 0.29) is 13.2 Å². The van der Waals surface area contributed by atoms with Gasteiger partial charge in [0.1, 0.15) is 6.61 Å². The van der Waals surface area contributed by atoms with Crippen LogP contribution in [0.5, 0.6) is 0 Å². The van der Waals surface area contributed by atoms with E-state index in [1.807, 2.05) is 0 Å². The summed E-state index contributed by atoms with van der Waals surface area (Å²) in [4.78, 5) is 21.1. The Labute approximate surface area is 101 Å². The van der Waals surface area contributed by atoms with Gasteiger partial charge in [0.2, 0.25) is 0 Å². The van der Waals surface area contributed by atoms with Crippen LogP contribution in [0.2, 0.25) is 0 Å². The van der Waals surface area contributed by atoms with E-state index in [0.29, 0.717) is 0 Å². The molecule has 0 saturated heterocycles. The van der Waals surface area contributed by atoms with Crippen molar-refractivity contribution in [2.75, 3.05) is 19.8 Å². The van der Waals surface area contributed by atoms with Gasteiger partial charge in [-0.2, -0.15) is 13.2 Å². The Hall–Kier alpha value is -1.51. The lowest BCUT2D eigenvalue weighted by Gasteiger charge is -2.16. The van der Waals surface area contributed by atoms with E-state index in [4.69, 9.17) is 5.11 Å². The van der Waals surface area contributed by atoms with Crippen LogP contribution in [0.1, 0.15) is 13.3 Å². The van der Waals surface area contributed by atoms with E-state index in [1.54, 1.807) is 0 Å². The highest BCUT2D eigenvalue weighted by atomic mass is 19.4. The topological polar surface area (TPSA) is 87.7 Å². The Morgan fingerprint density at radius 1 is 1.39 bits per heavy atom. The van der Waals surface area contributed by atoms with Gasteiger partial charge >= 0.3 is 18.2 Å². The summed E-state index contributed by atoms with van der Waals surface area (Å²) >= 11 is 0. The molecule has 1 atom stereocenters. The number of amides is 2. The van der Waals surface area contributed by atoms with Gasteiger partial charge in [-0.05, 0) is 6.92 Å². The highest BCUT2D eigenvalue weighted by molar-refractivity contribution is 5.74. The Kier molecular flexibility index (Phi) is 7.10. The minimum absolute atomic E-state index is 0.0118. The van der Waals surface area contributed by atoms with Crippen molar-refractivity contribution in [1.29, 1.82) is 0 Å². The molecule has 1 unspecified atom stereocenters. The molecule has 9 heteroatoms. The van der Waals surface area contributed by atoms with Crippen LogP contribution in [0, 0.1) is 0 Å². The number of carboxylic acids is 1. The summed E-state index contributed by atoms with van der Waals surface area (Å²) in [5, 5.41) is 12.5. The SMILES string of the molecule is CC(CC(F)(F)F)NC(=O)NCCOCC(=O)O. The summed E-state index contributed by atoms with van der Waals surface area (Å²) in [7, 11) is 0. The monoisotopic (exact) mass is 272 g/mol. The Morgan fingerprint density at radius 2 is 2.00 bits per heavy atom. The lowest BCUT2D eigenvalue weighted by Crippen LogP contribution is -2.43. The molecule has 0 aromatic carbocycles. The van der Waals surface area contributed by atoms with Gasteiger partial charge < -0.3 is 20.5 Å². The van der Waals surface area contributed by atoms with E-state index in [2.05, 4.69) is 15.4 Å². The summed E-state index contributed by atoms with van der Waals surface area (Å²) in [6.07, 6.45) is -5.45. The normalized spacial score (nSPS) is 12.9. The van der Waals surface area contributed by atoms with Crippen molar-refractivity contribution in [3.05, 3.63) is 0 Å². The number of ether oxygens (including phenoxy) is 1. The van der Waals surface area contributed by atoms with Gasteiger partial charge in [-0.1, -0.05) is 0 Å². The summed E-state index contributed by atoms with van der Waals surface area (Å²) in [5.74, 6) is -1.14. The molecule has 106 valence electrons. The van der Waals surface area contributed by atoms with Crippen molar-refractivity contribution < 1.29 is 32.6 Å². The highest BCUT2D eigenvalue weighted by Gasteiger charge is 2.30. The third-order valence-electron chi connectivity index (χ3n) is 1.67. The first kappa shape index (κ1) is 16.5. The van der Waals surface area contributed by atoms with Gasteiger partial charge in [0, 0.05) is 12.6 Å². The summed E-state index contributed by atoms with van der Waals surface area (Å²) in [6, 6.07) is -1.80. The number of rotatable bonds is 7. The third kappa shape index (κ3) is 11.0. The number of halogens is 3. The van der Waals surface area contributed by atoms with Crippen LogP contribution in [0.15, 0.2) is 0 Å². The summed E-state index contributed by atoms with van der Waals surface area (Å²) < 4.78 is 40.4. The summed E-state index contributed by atoms with van der Waals surface area (Å²) in [5.41, 5.74) is 0. The number of nitrogens with one attached hydrogen (secondary N) is 2. The van der Waals surface area contributed by atoms with Gasteiger partial charge in [-0.3, -0.25) is 0 Å². The Bertz CT molecular complexity index is 283. The van der Waals surface area contributed by atoms with E-state index in [0.717, 1.165) is 0 Å². The van der Waals surface area contributed by atoms with Gasteiger partial charge in [0.15, 0.2) is 0 Å². The van der Waals surface area contributed by atoms with Crippen LogP contribution in [0.3, 0.4) is 0 Å². The van der Waals surface area contributed by atoms with Gasteiger partial charge in [-0.15, -0.1) is 0 Å². The molecule has 0 rings (SSSR count). The van der Waals surface area contributed by atoms with Gasteiger partial charge in [0.05, 0.1) is 13.0 Å². The van der Waals surface area contributed by atoms with Crippen LogP contribution >= 0.6 is 0 Å². The average molecular weight is 272 g/mol. The molecular formula is C9H15F3N2O4. The molecule has 0 heterocycles. The second-order valence-electron chi connectivity index (χ2n) is 3.57. The van der Waals surface area contributed by atoms with E-state index < -0.39 is 37.2 Å². The molecule has 0 aromatic rings. The molecule has 0 aliphatic heterocycles. The molecule has 0 aromatic heterocycles. The van der Waals surface area contributed by atoms with E-state index >= 15 is 0 Å². The average Bonchev–Trinajstić information content (AvgIpc) is 2.12. The lowest BCUT2D eigenvalue weighted by atomic mass is 10.2. The number of urea groups is 1. The molecule has 0 saturated carbocycles. The van der Waals surface area contributed by atoms with Crippen LogP contribution in [-0.2, 0) is 9.53 Å². The zero-order valence-corrected chi connectivity index (χ0v) is 9.71. The summed E-state index contributed by atoms with van der Waals surface area (Å²) in [6.45, 7) is 0.715. The fraction of sp³-hybridized carbons (Fsp3) is 0.778. The van der Waals surface area contributed by atoms with Crippen molar-refractivity contribution >= 4 is 12.0 Å². The minimum Gasteiger partial charge on any atom is -0.480 e. The molecule has 3 N–H and O–H groups in total. The predicted octanol–water partition coefficient (Wildman–Crippen LogP) is 0.728. The Morgan fingerprint density at radius 3 is 2.50 bits per heavy atom. The number of carbonyl (C=O) groups excluding carboxylic acids is 1. The quantitative estimate of drug-likeness (QED) is 0.596. The predicted molar refractivity (Wildman–Crippen MR) is 55.1 cm³/mol.